The number of epoxide rings is 1. The first-order chi connectivity index (χ1) is 7.74. The number of hydrogen-bond donors (Lipinski definition) is 2. The molecule has 0 saturated carbocycles. The Labute approximate surface area is 102 Å². The van der Waals surface area contributed by atoms with Gasteiger partial charge in [-0.2, -0.15) is 0 Å². The zero-order chi connectivity index (χ0) is 13.2. The quantitative estimate of drug-likeness (QED) is 0.732. The second-order valence-electron chi connectivity index (χ2n) is 5.74. The fraction of sp³-hybridized carbons (Fsp3) is 0.917. The average Bonchev–Trinajstić information content (AvgIpc) is 2.89. The van der Waals surface area contributed by atoms with Gasteiger partial charge < -0.3 is 19.9 Å². The molecule has 1 heterocycles. The van der Waals surface area contributed by atoms with Gasteiger partial charge in [-0.1, -0.05) is 13.8 Å². The predicted molar refractivity (Wildman–Crippen MR) is 63.7 cm³/mol. The molecule has 0 aromatic heterocycles. The standard InChI is InChI=1S/C12H23NO4/c1-7(2)9(10-8(6-14)16-10)13-11(15)17-12(3,4)5/h7-10,14H,6H2,1-5H3,(H,13,15)/t8-,9+,10-/m1/s1. The molecule has 17 heavy (non-hydrogen) atoms. The molecule has 5 heteroatoms. The largest absolute Gasteiger partial charge is 0.444 e. The highest BCUT2D eigenvalue weighted by atomic mass is 16.6. The Hall–Kier alpha value is -0.810. The third-order valence-electron chi connectivity index (χ3n) is 2.56. The molecule has 0 aliphatic carbocycles. The van der Waals surface area contributed by atoms with E-state index in [1.165, 1.54) is 0 Å². The van der Waals surface area contributed by atoms with E-state index in [1.54, 1.807) is 0 Å². The zero-order valence-electron chi connectivity index (χ0n) is 11.2. The molecule has 1 amide bonds. The summed E-state index contributed by atoms with van der Waals surface area (Å²) in [6.07, 6.45) is -0.701. The van der Waals surface area contributed by atoms with Gasteiger partial charge in [0, 0.05) is 0 Å². The van der Waals surface area contributed by atoms with Gasteiger partial charge in [-0.15, -0.1) is 0 Å². The minimum Gasteiger partial charge on any atom is -0.444 e. The van der Waals surface area contributed by atoms with Crippen LogP contribution in [0.4, 0.5) is 4.79 Å². The van der Waals surface area contributed by atoms with Gasteiger partial charge in [0.15, 0.2) is 0 Å². The van der Waals surface area contributed by atoms with Crippen LogP contribution in [-0.2, 0) is 9.47 Å². The van der Waals surface area contributed by atoms with Crippen LogP contribution in [0.1, 0.15) is 34.6 Å². The molecule has 1 rings (SSSR count). The molecule has 100 valence electrons. The van der Waals surface area contributed by atoms with Crippen molar-refractivity contribution in [3.05, 3.63) is 0 Å². The lowest BCUT2D eigenvalue weighted by molar-refractivity contribution is 0.0478. The Balaban J connectivity index is 2.48. The number of aliphatic hydroxyl groups excluding tert-OH is 1. The van der Waals surface area contributed by atoms with Crippen molar-refractivity contribution >= 4 is 6.09 Å². The number of carbonyl (C=O) groups is 1. The first kappa shape index (κ1) is 14.3. The van der Waals surface area contributed by atoms with Crippen LogP contribution in [-0.4, -0.2) is 41.7 Å². The van der Waals surface area contributed by atoms with Crippen molar-refractivity contribution in [3.63, 3.8) is 0 Å². The number of aliphatic hydroxyl groups is 1. The molecule has 0 unspecified atom stereocenters. The maximum absolute atomic E-state index is 11.6. The lowest BCUT2D eigenvalue weighted by atomic mass is 9.99. The van der Waals surface area contributed by atoms with Gasteiger partial charge in [-0.25, -0.2) is 4.79 Å². The Bertz CT molecular complexity index is 272. The van der Waals surface area contributed by atoms with Crippen LogP contribution in [0.3, 0.4) is 0 Å². The maximum atomic E-state index is 11.6. The second kappa shape index (κ2) is 5.23. The maximum Gasteiger partial charge on any atom is 0.407 e. The van der Waals surface area contributed by atoms with Gasteiger partial charge in [0.1, 0.15) is 17.8 Å². The van der Waals surface area contributed by atoms with E-state index in [9.17, 15) is 4.79 Å². The van der Waals surface area contributed by atoms with Crippen molar-refractivity contribution in [1.82, 2.24) is 5.32 Å². The molecule has 0 bridgehead atoms. The summed E-state index contributed by atoms with van der Waals surface area (Å²) in [5.41, 5.74) is -0.508. The summed E-state index contributed by atoms with van der Waals surface area (Å²) in [5.74, 6) is 0.226. The van der Waals surface area contributed by atoms with Crippen LogP contribution in [0.25, 0.3) is 0 Å². The van der Waals surface area contributed by atoms with Crippen LogP contribution < -0.4 is 5.32 Å². The minimum atomic E-state index is -0.508. The highest BCUT2D eigenvalue weighted by Crippen LogP contribution is 2.28. The minimum absolute atomic E-state index is 0.0100. The van der Waals surface area contributed by atoms with Crippen molar-refractivity contribution in [1.29, 1.82) is 0 Å². The number of amides is 1. The lowest BCUT2D eigenvalue weighted by Gasteiger charge is -2.24. The van der Waals surface area contributed by atoms with Crippen molar-refractivity contribution in [2.75, 3.05) is 6.61 Å². The summed E-state index contributed by atoms with van der Waals surface area (Å²) in [7, 11) is 0. The van der Waals surface area contributed by atoms with E-state index in [2.05, 4.69) is 5.32 Å². The summed E-state index contributed by atoms with van der Waals surface area (Å²) < 4.78 is 10.5. The van der Waals surface area contributed by atoms with Gasteiger partial charge in [0.05, 0.1) is 12.6 Å². The molecule has 1 saturated heterocycles. The third kappa shape index (κ3) is 4.52. The number of ether oxygens (including phenoxy) is 2. The monoisotopic (exact) mass is 245 g/mol. The molecule has 1 aliphatic heterocycles. The molecule has 0 aromatic rings. The highest BCUT2D eigenvalue weighted by molar-refractivity contribution is 5.68. The summed E-state index contributed by atoms with van der Waals surface area (Å²) in [4.78, 5) is 11.6. The predicted octanol–water partition coefficient (Wildman–Crippen LogP) is 1.30. The van der Waals surface area contributed by atoms with Gasteiger partial charge >= 0.3 is 6.09 Å². The first-order valence-electron chi connectivity index (χ1n) is 6.00. The SMILES string of the molecule is CC(C)[C@H](NC(=O)OC(C)(C)C)[C@@H]1O[C@@H]1CO. The van der Waals surface area contributed by atoms with E-state index in [0.29, 0.717) is 0 Å². The third-order valence-corrected chi connectivity index (χ3v) is 2.56. The van der Waals surface area contributed by atoms with E-state index in [1.807, 2.05) is 34.6 Å². The van der Waals surface area contributed by atoms with Gasteiger partial charge in [0.2, 0.25) is 0 Å². The fourth-order valence-electron chi connectivity index (χ4n) is 1.69. The molecular weight excluding hydrogens is 222 g/mol. The van der Waals surface area contributed by atoms with E-state index in [-0.39, 0.29) is 30.8 Å². The number of alkyl carbamates (subject to hydrolysis) is 1. The molecule has 0 aromatic carbocycles. The number of carbonyl (C=O) groups excluding carboxylic acids is 1. The highest BCUT2D eigenvalue weighted by Gasteiger charge is 2.46. The van der Waals surface area contributed by atoms with Crippen LogP contribution >= 0.6 is 0 Å². The van der Waals surface area contributed by atoms with E-state index < -0.39 is 11.7 Å². The number of hydrogen-bond acceptors (Lipinski definition) is 4. The van der Waals surface area contributed by atoms with Crippen molar-refractivity contribution < 1.29 is 19.4 Å². The molecule has 0 spiro atoms. The Morgan fingerprint density at radius 2 is 2.06 bits per heavy atom. The molecule has 3 atom stereocenters. The molecule has 1 aliphatic rings. The molecule has 5 nitrogen and oxygen atoms in total. The molecular formula is C12H23NO4. The Morgan fingerprint density at radius 1 is 1.47 bits per heavy atom. The average molecular weight is 245 g/mol. The topological polar surface area (TPSA) is 71.1 Å². The van der Waals surface area contributed by atoms with E-state index in [0.717, 1.165) is 0 Å². The zero-order valence-corrected chi connectivity index (χ0v) is 11.2. The van der Waals surface area contributed by atoms with Gasteiger partial charge in [0.25, 0.3) is 0 Å². The van der Waals surface area contributed by atoms with Crippen molar-refractivity contribution in [2.24, 2.45) is 5.92 Å². The van der Waals surface area contributed by atoms with Gasteiger partial charge in [-0.3, -0.25) is 0 Å². The summed E-state index contributed by atoms with van der Waals surface area (Å²) in [6, 6.07) is -0.123. The lowest BCUT2D eigenvalue weighted by Crippen LogP contribution is -2.45. The fourth-order valence-corrected chi connectivity index (χ4v) is 1.69. The number of rotatable bonds is 4. The summed E-state index contributed by atoms with van der Waals surface area (Å²) in [5, 5.41) is 11.8. The Morgan fingerprint density at radius 3 is 2.41 bits per heavy atom. The molecule has 2 N–H and O–H groups in total. The molecule has 1 fully saturated rings. The summed E-state index contributed by atoms with van der Waals surface area (Å²) >= 11 is 0. The molecule has 0 radical (unpaired) electrons. The Kier molecular flexibility index (Phi) is 4.38. The van der Waals surface area contributed by atoms with Gasteiger partial charge in [-0.05, 0) is 26.7 Å². The van der Waals surface area contributed by atoms with Crippen LogP contribution in [0, 0.1) is 5.92 Å². The second-order valence-corrected chi connectivity index (χ2v) is 5.74. The van der Waals surface area contributed by atoms with E-state index >= 15 is 0 Å². The first-order valence-corrected chi connectivity index (χ1v) is 6.00. The van der Waals surface area contributed by atoms with Crippen LogP contribution in [0.2, 0.25) is 0 Å². The van der Waals surface area contributed by atoms with E-state index in [4.69, 9.17) is 14.6 Å². The summed E-state index contributed by atoms with van der Waals surface area (Å²) in [6.45, 7) is 9.45. The number of nitrogens with one attached hydrogen (secondary N) is 1. The van der Waals surface area contributed by atoms with Crippen LogP contribution in [0.5, 0.6) is 0 Å². The van der Waals surface area contributed by atoms with Crippen LogP contribution in [0.15, 0.2) is 0 Å². The normalized spacial score (nSPS) is 25.6. The smallest absolute Gasteiger partial charge is 0.407 e. The van der Waals surface area contributed by atoms with Crippen molar-refractivity contribution in [2.45, 2.75) is 58.5 Å². The van der Waals surface area contributed by atoms with Crippen molar-refractivity contribution in [3.8, 4) is 0 Å².